The molecule has 116 valence electrons. The van der Waals surface area contributed by atoms with Crippen molar-refractivity contribution in [2.75, 3.05) is 17.3 Å². The Kier molecular flexibility index (Phi) is 4.19. The molecule has 0 aliphatic rings. The molecule has 5 heteroatoms. The zero-order valence-corrected chi connectivity index (χ0v) is 13.5. The van der Waals surface area contributed by atoms with Gasteiger partial charge in [0.25, 0.3) is 5.95 Å². The van der Waals surface area contributed by atoms with E-state index in [1.165, 1.54) is 5.56 Å². The molecule has 0 spiro atoms. The Morgan fingerprint density at radius 2 is 1.78 bits per heavy atom. The maximum absolute atomic E-state index is 4.56. The fourth-order valence-corrected chi connectivity index (χ4v) is 2.27. The highest BCUT2D eigenvalue weighted by Crippen LogP contribution is 2.23. The van der Waals surface area contributed by atoms with Crippen LogP contribution in [0.3, 0.4) is 0 Å². The summed E-state index contributed by atoms with van der Waals surface area (Å²) in [7, 11) is 1.92. The van der Waals surface area contributed by atoms with Crippen molar-refractivity contribution in [3.05, 3.63) is 65.9 Å². The minimum Gasteiger partial charge on any atom is -0.339 e. The summed E-state index contributed by atoms with van der Waals surface area (Å²) in [5.74, 6) is 1.22. The summed E-state index contributed by atoms with van der Waals surface area (Å²) in [6, 6.07) is 16.2. The van der Waals surface area contributed by atoms with Crippen molar-refractivity contribution < 1.29 is 0 Å². The predicted octanol–water partition coefficient (Wildman–Crippen LogP) is 4.00. The molecule has 0 aliphatic heterocycles. The van der Waals surface area contributed by atoms with Gasteiger partial charge >= 0.3 is 0 Å². The van der Waals surface area contributed by atoms with E-state index in [1.54, 1.807) is 6.20 Å². The van der Waals surface area contributed by atoms with Crippen LogP contribution in [0.15, 0.2) is 54.7 Å². The third kappa shape index (κ3) is 3.45. The van der Waals surface area contributed by atoms with E-state index < -0.39 is 0 Å². The average Bonchev–Trinajstić information content (AvgIpc) is 2.58. The highest BCUT2D eigenvalue weighted by molar-refractivity contribution is 5.62. The Morgan fingerprint density at radius 1 is 1.00 bits per heavy atom. The highest BCUT2D eigenvalue weighted by atomic mass is 15.3. The molecule has 0 bridgehead atoms. The number of hydrogen-bond donors (Lipinski definition) is 1. The number of rotatable bonds is 4. The molecule has 3 aromatic rings. The molecule has 1 heterocycles. The smallest absolute Gasteiger partial charge is 0.251 e. The van der Waals surface area contributed by atoms with Gasteiger partial charge in [0.1, 0.15) is 0 Å². The predicted molar refractivity (Wildman–Crippen MR) is 93.5 cm³/mol. The van der Waals surface area contributed by atoms with Gasteiger partial charge in [-0.1, -0.05) is 30.3 Å². The summed E-state index contributed by atoms with van der Waals surface area (Å²) in [5, 5.41) is 11.5. The van der Waals surface area contributed by atoms with Gasteiger partial charge in [-0.2, -0.15) is 10.1 Å². The molecule has 2 aromatic carbocycles. The molecular weight excluding hydrogens is 286 g/mol. The fraction of sp³-hybridized carbons (Fsp3) is 0.167. The molecule has 1 N–H and O–H groups in total. The van der Waals surface area contributed by atoms with E-state index in [2.05, 4.69) is 52.5 Å². The van der Waals surface area contributed by atoms with Gasteiger partial charge < -0.3 is 10.2 Å². The second kappa shape index (κ2) is 6.44. The number of anilines is 4. The Bertz CT molecular complexity index is 802. The van der Waals surface area contributed by atoms with E-state index in [0.29, 0.717) is 11.8 Å². The van der Waals surface area contributed by atoms with Crippen LogP contribution in [-0.4, -0.2) is 22.2 Å². The second-order valence-corrected chi connectivity index (χ2v) is 5.48. The molecule has 23 heavy (non-hydrogen) atoms. The van der Waals surface area contributed by atoms with Gasteiger partial charge in [0, 0.05) is 18.4 Å². The number of para-hydroxylation sites is 1. The lowest BCUT2D eigenvalue weighted by Gasteiger charge is -2.17. The van der Waals surface area contributed by atoms with Crippen LogP contribution in [0.5, 0.6) is 0 Å². The van der Waals surface area contributed by atoms with E-state index in [9.17, 15) is 0 Å². The van der Waals surface area contributed by atoms with E-state index in [-0.39, 0.29) is 0 Å². The van der Waals surface area contributed by atoms with Gasteiger partial charge in [0.2, 0.25) is 0 Å². The van der Waals surface area contributed by atoms with Crippen LogP contribution < -0.4 is 10.2 Å². The zero-order valence-electron chi connectivity index (χ0n) is 13.5. The van der Waals surface area contributed by atoms with Crippen molar-refractivity contribution in [2.24, 2.45) is 0 Å². The number of aromatic nitrogens is 3. The van der Waals surface area contributed by atoms with Crippen molar-refractivity contribution in [2.45, 2.75) is 13.8 Å². The Labute approximate surface area is 136 Å². The molecule has 0 fully saturated rings. The molecule has 1 aromatic heterocycles. The lowest BCUT2D eigenvalue weighted by atomic mass is 10.1. The van der Waals surface area contributed by atoms with Gasteiger partial charge in [0.05, 0.1) is 6.20 Å². The van der Waals surface area contributed by atoms with E-state index in [1.807, 2.05) is 42.3 Å². The first kappa shape index (κ1) is 15.0. The van der Waals surface area contributed by atoms with Crippen LogP contribution in [0.2, 0.25) is 0 Å². The van der Waals surface area contributed by atoms with Gasteiger partial charge in [-0.05, 0) is 43.2 Å². The van der Waals surface area contributed by atoms with Gasteiger partial charge in [-0.25, -0.2) is 0 Å². The van der Waals surface area contributed by atoms with E-state index in [4.69, 9.17) is 0 Å². The van der Waals surface area contributed by atoms with Crippen molar-refractivity contribution in [1.82, 2.24) is 15.2 Å². The molecule has 0 unspecified atom stereocenters. The fourth-order valence-electron chi connectivity index (χ4n) is 2.27. The number of aryl methyl sites for hydroxylation is 2. The lowest BCUT2D eigenvalue weighted by molar-refractivity contribution is 0.932. The van der Waals surface area contributed by atoms with Crippen molar-refractivity contribution >= 4 is 23.1 Å². The highest BCUT2D eigenvalue weighted by Gasteiger charge is 2.09. The normalized spacial score (nSPS) is 10.4. The van der Waals surface area contributed by atoms with Gasteiger partial charge in [-0.15, -0.1) is 5.10 Å². The van der Waals surface area contributed by atoms with Crippen LogP contribution in [0, 0.1) is 13.8 Å². The summed E-state index contributed by atoms with van der Waals surface area (Å²) in [5.41, 5.74) is 4.39. The number of nitrogens with one attached hydrogen (secondary N) is 1. The van der Waals surface area contributed by atoms with Crippen molar-refractivity contribution in [3.8, 4) is 0 Å². The summed E-state index contributed by atoms with van der Waals surface area (Å²) >= 11 is 0. The van der Waals surface area contributed by atoms with Crippen molar-refractivity contribution in [3.63, 3.8) is 0 Å². The van der Waals surface area contributed by atoms with Gasteiger partial charge in [-0.3, -0.25) is 0 Å². The molecule has 0 radical (unpaired) electrons. The Hall–Kier alpha value is -2.95. The monoisotopic (exact) mass is 305 g/mol. The molecule has 0 amide bonds. The van der Waals surface area contributed by atoms with Crippen LogP contribution in [0.1, 0.15) is 11.1 Å². The third-order valence-corrected chi connectivity index (χ3v) is 3.65. The topological polar surface area (TPSA) is 53.9 Å². The number of benzene rings is 2. The third-order valence-electron chi connectivity index (χ3n) is 3.65. The van der Waals surface area contributed by atoms with Crippen LogP contribution in [-0.2, 0) is 0 Å². The zero-order chi connectivity index (χ0) is 16.2. The first-order valence-corrected chi connectivity index (χ1v) is 7.46. The molecule has 0 saturated heterocycles. The molecule has 5 nitrogen and oxygen atoms in total. The maximum atomic E-state index is 4.56. The first-order valence-electron chi connectivity index (χ1n) is 7.46. The summed E-state index contributed by atoms with van der Waals surface area (Å²) in [4.78, 5) is 6.46. The van der Waals surface area contributed by atoms with E-state index in [0.717, 1.165) is 16.9 Å². The number of hydrogen-bond acceptors (Lipinski definition) is 5. The molecule has 0 aliphatic carbocycles. The summed E-state index contributed by atoms with van der Waals surface area (Å²) in [6.07, 6.45) is 1.63. The molecule has 3 rings (SSSR count). The number of nitrogens with zero attached hydrogens (tertiary/aromatic N) is 4. The van der Waals surface area contributed by atoms with Crippen molar-refractivity contribution in [1.29, 1.82) is 0 Å². The Balaban J connectivity index is 1.87. The van der Waals surface area contributed by atoms with E-state index >= 15 is 0 Å². The standard InChI is InChI=1S/C18H19N5/c1-13-9-10-14(2)16(11-13)20-17-12-19-22-18(21-17)23(3)15-7-5-4-6-8-15/h4-12H,1-3H3,(H,20,21,22). The average molecular weight is 305 g/mol. The quantitative estimate of drug-likeness (QED) is 0.789. The molecule has 0 atom stereocenters. The van der Waals surface area contributed by atoms with Crippen LogP contribution in [0.4, 0.5) is 23.1 Å². The minimum absolute atomic E-state index is 0.548. The minimum atomic E-state index is 0.548. The van der Waals surface area contributed by atoms with Gasteiger partial charge in [0.15, 0.2) is 5.82 Å². The largest absolute Gasteiger partial charge is 0.339 e. The molecule has 0 saturated carbocycles. The summed E-state index contributed by atoms with van der Waals surface area (Å²) in [6.45, 7) is 4.13. The summed E-state index contributed by atoms with van der Waals surface area (Å²) < 4.78 is 0. The first-order chi connectivity index (χ1) is 11.1. The lowest BCUT2D eigenvalue weighted by Crippen LogP contribution is -2.14. The molecular formula is C18H19N5. The Morgan fingerprint density at radius 3 is 2.57 bits per heavy atom. The van der Waals surface area contributed by atoms with Crippen LogP contribution in [0.25, 0.3) is 0 Å². The maximum Gasteiger partial charge on any atom is 0.251 e. The van der Waals surface area contributed by atoms with Crippen LogP contribution >= 0.6 is 0 Å². The SMILES string of the molecule is Cc1ccc(C)c(Nc2cnnc(N(C)c3ccccc3)n2)c1. The second-order valence-electron chi connectivity index (χ2n) is 5.48.